The maximum atomic E-state index is 13.8. The number of hydrogen-bond acceptors (Lipinski definition) is 3. The minimum atomic E-state index is -5.02. The highest BCUT2D eigenvalue weighted by atomic mass is 19.4. The van der Waals surface area contributed by atoms with Crippen molar-refractivity contribution in [3.8, 4) is 0 Å². The molecule has 12 heteroatoms. The normalized spacial score (nSPS) is 19.7. The third kappa shape index (κ3) is 6.64. The Labute approximate surface area is 215 Å². The summed E-state index contributed by atoms with van der Waals surface area (Å²) in [6.45, 7) is 3.51. The summed E-state index contributed by atoms with van der Waals surface area (Å²) in [7, 11) is 1.32. The van der Waals surface area contributed by atoms with Gasteiger partial charge in [-0.25, -0.2) is 4.39 Å². The van der Waals surface area contributed by atoms with Gasteiger partial charge in [0.1, 0.15) is 5.82 Å². The smallest absolute Gasteiger partial charge is 0.369 e. The molecule has 1 aliphatic heterocycles. The largest absolute Gasteiger partial charge is 0.416 e. The second-order valence-electron chi connectivity index (χ2n) is 9.67. The molecule has 1 saturated heterocycles. The van der Waals surface area contributed by atoms with Gasteiger partial charge in [-0.05, 0) is 73.8 Å². The molecule has 0 radical (unpaired) electrons. The van der Waals surface area contributed by atoms with Crippen molar-refractivity contribution in [2.75, 3.05) is 26.7 Å². The fourth-order valence-corrected chi connectivity index (χ4v) is 4.95. The Kier molecular flexibility index (Phi) is 8.45. The average molecular weight is 548 g/mol. The third-order valence-electron chi connectivity index (χ3n) is 7.05. The Morgan fingerprint density at radius 2 is 1.63 bits per heavy atom. The van der Waals surface area contributed by atoms with E-state index in [-0.39, 0.29) is 31.1 Å². The molecule has 0 spiro atoms. The van der Waals surface area contributed by atoms with Crippen LogP contribution in [0.4, 0.5) is 30.7 Å². The van der Waals surface area contributed by atoms with E-state index in [0.29, 0.717) is 29.8 Å². The molecule has 2 aromatic rings. The highest BCUT2D eigenvalue weighted by molar-refractivity contribution is 5.81. The van der Waals surface area contributed by atoms with Crippen molar-refractivity contribution < 1.29 is 40.3 Å². The van der Waals surface area contributed by atoms with Crippen molar-refractivity contribution in [3.05, 3.63) is 70.0 Å². The SMILES string of the molecule is Cc1cc(F)ccc1C1CN(CC(N)=O)CC[C@@H]1C(=O)N(C)[C@H](C)c1cc(C(F)(F)F)cc(C(F)(F)F)c1. The molecule has 2 aromatic carbocycles. The Bertz CT molecular complexity index is 1160. The summed E-state index contributed by atoms with van der Waals surface area (Å²) in [6.07, 6.45) is -9.78. The molecule has 0 bridgehead atoms. The van der Waals surface area contributed by atoms with Crippen LogP contribution in [0.15, 0.2) is 36.4 Å². The summed E-state index contributed by atoms with van der Waals surface area (Å²) in [6, 6.07) is 4.23. The number of piperidine rings is 1. The number of carbonyl (C=O) groups excluding carboxylic acids is 2. The molecule has 0 saturated carbocycles. The van der Waals surface area contributed by atoms with Crippen LogP contribution in [0.25, 0.3) is 0 Å². The van der Waals surface area contributed by atoms with Crippen LogP contribution in [0.1, 0.15) is 53.1 Å². The Hall–Kier alpha value is -3.15. The van der Waals surface area contributed by atoms with Crippen LogP contribution in [0.5, 0.6) is 0 Å². The van der Waals surface area contributed by atoms with Crippen molar-refractivity contribution in [3.63, 3.8) is 0 Å². The van der Waals surface area contributed by atoms with Crippen LogP contribution in [0.3, 0.4) is 0 Å². The van der Waals surface area contributed by atoms with E-state index in [0.717, 1.165) is 4.90 Å². The molecular formula is C26H28F7N3O2. The van der Waals surface area contributed by atoms with E-state index >= 15 is 0 Å². The molecule has 3 atom stereocenters. The summed E-state index contributed by atoms with van der Waals surface area (Å²) in [5.74, 6) is -2.77. The van der Waals surface area contributed by atoms with E-state index in [1.54, 1.807) is 11.8 Å². The summed E-state index contributed by atoms with van der Waals surface area (Å²) in [5.41, 5.74) is 3.30. The fraction of sp³-hybridized carbons (Fsp3) is 0.462. The first kappa shape index (κ1) is 29.4. The molecule has 5 nitrogen and oxygen atoms in total. The molecule has 2 amide bonds. The predicted octanol–water partition coefficient (Wildman–Crippen LogP) is 5.28. The van der Waals surface area contributed by atoms with Crippen molar-refractivity contribution in [1.82, 2.24) is 9.80 Å². The number of alkyl halides is 6. The second kappa shape index (κ2) is 10.9. The number of nitrogens with zero attached hydrogens (tertiary/aromatic N) is 2. The lowest BCUT2D eigenvalue weighted by Crippen LogP contribution is -2.48. The Balaban J connectivity index is 1.97. The molecular weight excluding hydrogens is 519 g/mol. The Morgan fingerprint density at radius 1 is 1.05 bits per heavy atom. The lowest BCUT2D eigenvalue weighted by molar-refractivity contribution is -0.143. The van der Waals surface area contributed by atoms with Crippen LogP contribution in [0, 0.1) is 18.7 Å². The van der Waals surface area contributed by atoms with Gasteiger partial charge in [-0.1, -0.05) is 6.07 Å². The van der Waals surface area contributed by atoms with E-state index in [4.69, 9.17) is 5.73 Å². The van der Waals surface area contributed by atoms with Gasteiger partial charge in [-0.15, -0.1) is 0 Å². The van der Waals surface area contributed by atoms with Crippen LogP contribution in [0.2, 0.25) is 0 Å². The number of hydrogen-bond donors (Lipinski definition) is 1. The number of benzene rings is 2. The zero-order valence-electron chi connectivity index (χ0n) is 21.0. The topological polar surface area (TPSA) is 66.6 Å². The number of halogens is 7. The summed E-state index contributed by atoms with van der Waals surface area (Å²) < 4.78 is 94.0. The number of rotatable bonds is 6. The molecule has 208 valence electrons. The fourth-order valence-electron chi connectivity index (χ4n) is 4.95. The number of amides is 2. The third-order valence-corrected chi connectivity index (χ3v) is 7.05. The molecule has 1 heterocycles. The molecule has 0 aliphatic carbocycles. The van der Waals surface area contributed by atoms with Crippen molar-refractivity contribution >= 4 is 11.8 Å². The average Bonchev–Trinajstić information content (AvgIpc) is 2.81. The zero-order valence-corrected chi connectivity index (χ0v) is 21.0. The van der Waals surface area contributed by atoms with Gasteiger partial charge in [0.2, 0.25) is 11.8 Å². The molecule has 0 aromatic heterocycles. The standard InChI is InChI=1S/C26H28F7N3O2/c1-14-8-19(27)4-5-20(14)22-12-36(13-23(34)37)7-6-21(22)24(38)35(3)15(2)16-9-17(25(28,29)30)11-18(10-16)26(31,32)33/h4-5,8-11,15,21-22H,6-7,12-13H2,1-3H3,(H2,34,37)/t15-,21+,22?/m1/s1. The van der Waals surface area contributed by atoms with Crippen molar-refractivity contribution in [2.24, 2.45) is 11.7 Å². The minimum Gasteiger partial charge on any atom is -0.369 e. The molecule has 1 aliphatic rings. The molecule has 1 fully saturated rings. The first-order valence-electron chi connectivity index (χ1n) is 11.8. The van der Waals surface area contributed by atoms with Crippen LogP contribution < -0.4 is 5.73 Å². The van der Waals surface area contributed by atoms with Gasteiger partial charge in [-0.3, -0.25) is 14.5 Å². The quantitative estimate of drug-likeness (QED) is 0.501. The highest BCUT2D eigenvalue weighted by Crippen LogP contribution is 2.40. The van der Waals surface area contributed by atoms with Crippen LogP contribution in [-0.2, 0) is 21.9 Å². The number of aryl methyl sites for hydroxylation is 1. The van der Waals surface area contributed by atoms with E-state index < -0.39 is 59.0 Å². The number of nitrogens with two attached hydrogens (primary N) is 1. The van der Waals surface area contributed by atoms with Crippen LogP contribution >= 0.6 is 0 Å². The lowest BCUT2D eigenvalue weighted by Gasteiger charge is -2.40. The van der Waals surface area contributed by atoms with Gasteiger partial charge < -0.3 is 10.6 Å². The zero-order chi connectivity index (χ0) is 28.6. The molecule has 38 heavy (non-hydrogen) atoms. The first-order chi connectivity index (χ1) is 17.5. The highest BCUT2D eigenvalue weighted by Gasteiger charge is 2.40. The molecule has 3 rings (SSSR count). The molecule has 1 unspecified atom stereocenters. The lowest BCUT2D eigenvalue weighted by atomic mass is 9.78. The van der Waals surface area contributed by atoms with Gasteiger partial charge in [0.25, 0.3) is 0 Å². The summed E-state index contributed by atoms with van der Waals surface area (Å²) in [4.78, 5) is 28.0. The van der Waals surface area contributed by atoms with E-state index in [1.165, 1.54) is 32.2 Å². The summed E-state index contributed by atoms with van der Waals surface area (Å²) >= 11 is 0. The van der Waals surface area contributed by atoms with E-state index in [1.807, 2.05) is 0 Å². The second-order valence-corrected chi connectivity index (χ2v) is 9.67. The number of carbonyl (C=O) groups is 2. The predicted molar refractivity (Wildman–Crippen MR) is 125 cm³/mol. The van der Waals surface area contributed by atoms with E-state index in [2.05, 4.69) is 0 Å². The molecule has 2 N–H and O–H groups in total. The number of likely N-dealkylation sites (tertiary alicyclic amines) is 1. The van der Waals surface area contributed by atoms with Gasteiger partial charge in [0, 0.05) is 25.4 Å². The maximum absolute atomic E-state index is 13.8. The minimum absolute atomic E-state index is 0.0415. The van der Waals surface area contributed by atoms with Crippen LogP contribution in [-0.4, -0.2) is 48.3 Å². The first-order valence-corrected chi connectivity index (χ1v) is 11.8. The number of primary amides is 1. The van der Waals surface area contributed by atoms with Gasteiger partial charge in [0.15, 0.2) is 0 Å². The Morgan fingerprint density at radius 3 is 2.13 bits per heavy atom. The monoisotopic (exact) mass is 547 g/mol. The van der Waals surface area contributed by atoms with E-state index in [9.17, 15) is 40.3 Å². The maximum Gasteiger partial charge on any atom is 0.416 e. The van der Waals surface area contributed by atoms with Crippen molar-refractivity contribution in [2.45, 2.75) is 44.6 Å². The van der Waals surface area contributed by atoms with Gasteiger partial charge in [-0.2, -0.15) is 26.3 Å². The van der Waals surface area contributed by atoms with Gasteiger partial charge >= 0.3 is 12.4 Å². The van der Waals surface area contributed by atoms with Gasteiger partial charge in [0.05, 0.1) is 23.7 Å². The van der Waals surface area contributed by atoms with Crippen molar-refractivity contribution in [1.29, 1.82) is 0 Å². The summed E-state index contributed by atoms with van der Waals surface area (Å²) in [5, 5.41) is 0.